The van der Waals surface area contributed by atoms with Crippen molar-refractivity contribution in [2.45, 2.75) is 44.2 Å². The first kappa shape index (κ1) is 38.8. The lowest BCUT2D eigenvalue weighted by Crippen LogP contribution is -2.54. The largest absolute Gasteiger partial charge is 0.384 e. The minimum absolute atomic E-state index is 0.0422. The van der Waals surface area contributed by atoms with E-state index in [0.29, 0.717) is 57.0 Å². The molecule has 5 aromatic rings. The van der Waals surface area contributed by atoms with Gasteiger partial charge in [0.15, 0.2) is 5.65 Å². The number of carbonyl (C=O) groups is 5. The van der Waals surface area contributed by atoms with Crippen molar-refractivity contribution in [3.8, 4) is 11.4 Å². The molecule has 0 radical (unpaired) electrons. The molecule has 3 aromatic heterocycles. The molecule has 0 saturated carbocycles. The van der Waals surface area contributed by atoms with E-state index in [1.807, 2.05) is 40.9 Å². The number of hydrogen-bond donors (Lipinski definition) is 3. The summed E-state index contributed by atoms with van der Waals surface area (Å²) in [6.45, 7) is 4.70. The molecule has 2 atom stereocenters. The summed E-state index contributed by atoms with van der Waals surface area (Å²) in [6, 6.07) is 20.6. The van der Waals surface area contributed by atoms with Crippen molar-refractivity contribution in [1.82, 2.24) is 40.0 Å². The summed E-state index contributed by atoms with van der Waals surface area (Å²) in [5.74, 6) is -0.896. The topological polar surface area (TPSA) is 177 Å². The molecule has 2 aromatic carbocycles. The molecule has 5 amide bonds. The number of nitrogens with one attached hydrogen (secondary N) is 3. The zero-order valence-electron chi connectivity index (χ0n) is 32.8. The molecule has 16 nitrogen and oxygen atoms in total. The Kier molecular flexibility index (Phi) is 10.6. The van der Waals surface area contributed by atoms with Gasteiger partial charge in [-0.3, -0.25) is 39.1 Å². The second-order valence-corrected chi connectivity index (χ2v) is 15.5. The Balaban J connectivity index is 0.752. The first-order valence-electron chi connectivity index (χ1n) is 20.4. The second kappa shape index (κ2) is 16.5. The van der Waals surface area contributed by atoms with E-state index in [1.54, 1.807) is 36.5 Å². The summed E-state index contributed by atoms with van der Waals surface area (Å²) in [6.07, 6.45) is 4.41. The van der Waals surface area contributed by atoms with E-state index in [-0.39, 0.29) is 48.3 Å². The maximum Gasteiger partial charge on any atom is 0.264 e. The number of hydrogen-bond acceptors (Lipinski definition) is 12. The third-order valence-electron chi connectivity index (χ3n) is 11.6. The minimum atomic E-state index is -1.03. The van der Waals surface area contributed by atoms with Crippen molar-refractivity contribution in [2.24, 2.45) is 0 Å². The molecular weight excluding hydrogens is 770 g/mol. The average Bonchev–Trinajstić information content (AvgIpc) is 3.98. The molecule has 60 heavy (non-hydrogen) atoms. The van der Waals surface area contributed by atoms with Gasteiger partial charge in [0, 0.05) is 57.9 Å². The highest BCUT2D eigenvalue weighted by molar-refractivity contribution is 6.25. The van der Waals surface area contributed by atoms with Crippen LogP contribution >= 0.6 is 0 Å². The van der Waals surface area contributed by atoms with Crippen LogP contribution in [0.5, 0.6) is 0 Å². The first-order chi connectivity index (χ1) is 29.2. The summed E-state index contributed by atoms with van der Waals surface area (Å²) >= 11 is 0. The molecule has 0 spiro atoms. The molecule has 17 heteroatoms. The molecule has 0 bridgehead atoms. The van der Waals surface area contributed by atoms with Gasteiger partial charge in [-0.1, -0.05) is 24.3 Å². The number of halogens is 1. The fraction of sp³-hybridized carbons (Fsp3) is 0.349. The summed E-state index contributed by atoms with van der Waals surface area (Å²) in [4.78, 5) is 80.5. The van der Waals surface area contributed by atoms with Gasteiger partial charge in [-0.05, 0) is 79.8 Å². The molecule has 3 fully saturated rings. The van der Waals surface area contributed by atoms with E-state index in [9.17, 15) is 28.4 Å². The monoisotopic (exact) mass is 813 g/mol. The molecule has 3 N–H and O–H groups in total. The number of benzene rings is 2. The van der Waals surface area contributed by atoms with Gasteiger partial charge in [0.2, 0.25) is 17.7 Å². The lowest BCUT2D eigenvalue weighted by Gasteiger charge is -2.35. The molecular formula is C43H44FN11O5. The van der Waals surface area contributed by atoms with Gasteiger partial charge in [0.25, 0.3) is 11.8 Å². The van der Waals surface area contributed by atoms with Crippen LogP contribution in [-0.2, 0) is 14.4 Å². The van der Waals surface area contributed by atoms with E-state index in [4.69, 9.17) is 10.1 Å². The van der Waals surface area contributed by atoms with Crippen LogP contribution in [0.15, 0.2) is 79.0 Å². The number of fused-ring (bicyclic) bond motifs is 2. The molecule has 308 valence electrons. The van der Waals surface area contributed by atoms with Crippen molar-refractivity contribution >= 4 is 52.5 Å². The van der Waals surface area contributed by atoms with Gasteiger partial charge >= 0.3 is 0 Å². The summed E-state index contributed by atoms with van der Waals surface area (Å²) in [5, 5.41) is 13.4. The number of aromatic nitrogens is 4. The third-order valence-corrected chi connectivity index (χ3v) is 11.6. The zero-order valence-corrected chi connectivity index (χ0v) is 32.8. The summed E-state index contributed by atoms with van der Waals surface area (Å²) in [7, 11) is 0. The molecule has 9 rings (SSSR count). The van der Waals surface area contributed by atoms with E-state index in [1.165, 1.54) is 6.07 Å². The van der Waals surface area contributed by atoms with Crippen LogP contribution < -0.4 is 25.8 Å². The number of carbonyl (C=O) groups excluding carboxylic acids is 5. The van der Waals surface area contributed by atoms with Gasteiger partial charge in [-0.15, -0.1) is 5.10 Å². The number of pyridine rings is 1. The number of rotatable bonds is 12. The van der Waals surface area contributed by atoms with Crippen LogP contribution in [0.3, 0.4) is 0 Å². The number of nitrogens with zero attached hydrogens (tertiary/aromatic N) is 8. The summed E-state index contributed by atoms with van der Waals surface area (Å²) < 4.78 is 15.9. The van der Waals surface area contributed by atoms with Crippen molar-refractivity contribution in [2.75, 3.05) is 67.5 Å². The number of anilines is 3. The molecule has 4 aliphatic heterocycles. The van der Waals surface area contributed by atoms with Crippen molar-refractivity contribution in [1.29, 1.82) is 0 Å². The number of piperidine rings is 1. The molecule has 2 unspecified atom stereocenters. The highest BCUT2D eigenvalue weighted by Gasteiger charge is 2.45. The second-order valence-electron chi connectivity index (χ2n) is 15.5. The highest BCUT2D eigenvalue weighted by Crippen LogP contribution is 2.36. The van der Waals surface area contributed by atoms with Crippen molar-refractivity contribution in [3.05, 3.63) is 102 Å². The van der Waals surface area contributed by atoms with Crippen LogP contribution in [0.25, 0.3) is 17.0 Å². The first-order valence-corrected chi connectivity index (χ1v) is 20.4. The lowest BCUT2D eigenvalue weighted by atomic mass is 10.0. The lowest BCUT2D eigenvalue weighted by molar-refractivity contribution is -0.136. The van der Waals surface area contributed by atoms with Gasteiger partial charge in [-0.25, -0.2) is 18.9 Å². The fourth-order valence-electron chi connectivity index (χ4n) is 8.63. The van der Waals surface area contributed by atoms with Crippen LogP contribution in [0.1, 0.15) is 64.4 Å². The molecule has 4 aliphatic rings. The van der Waals surface area contributed by atoms with E-state index >= 15 is 0 Å². The number of imidazole rings is 1. The van der Waals surface area contributed by atoms with Gasteiger partial charge in [0.1, 0.15) is 29.2 Å². The molecule has 7 heterocycles. The average molecular weight is 814 g/mol. The smallest absolute Gasteiger partial charge is 0.264 e. The predicted octanol–water partition coefficient (Wildman–Crippen LogP) is 3.41. The van der Waals surface area contributed by atoms with Crippen LogP contribution in [0.4, 0.5) is 21.7 Å². The standard InChI is InChI=1S/C43H44FN11O5/c44-28-7-1-6-27(24-28)32-11-4-19-53(32)37-15-14-35-47-25-34(55(35)50-37)30-9-3-12-36(48-30)52-22-20-51(21-23-52)26-39(57)46-18-5-17-45-31-10-2-8-29-40(31)43(60)54(42(29)59)33-13-16-38(56)49-41(33)58/h1-3,6-10,12,14-15,24-25,32-33,45H,4-5,11,13,16-23,26H2,(H,46,57)(H,49,56,58). The van der Waals surface area contributed by atoms with Gasteiger partial charge in [-0.2, -0.15) is 0 Å². The van der Waals surface area contributed by atoms with Crippen LogP contribution in [0, 0.1) is 5.82 Å². The van der Waals surface area contributed by atoms with Crippen LogP contribution in [0.2, 0.25) is 0 Å². The molecule has 0 aliphatic carbocycles. The van der Waals surface area contributed by atoms with Gasteiger partial charge < -0.3 is 20.4 Å². The van der Waals surface area contributed by atoms with Gasteiger partial charge in [0.05, 0.1) is 35.6 Å². The van der Waals surface area contributed by atoms with Crippen molar-refractivity contribution in [3.63, 3.8) is 0 Å². The van der Waals surface area contributed by atoms with Crippen molar-refractivity contribution < 1.29 is 28.4 Å². The normalized spacial score (nSPS) is 19.6. The molecule has 3 saturated heterocycles. The third kappa shape index (κ3) is 7.63. The number of piperazine rings is 1. The van der Waals surface area contributed by atoms with E-state index in [2.05, 4.69) is 35.6 Å². The Morgan fingerprint density at radius 3 is 2.52 bits per heavy atom. The highest BCUT2D eigenvalue weighted by atomic mass is 19.1. The predicted molar refractivity (Wildman–Crippen MR) is 220 cm³/mol. The SMILES string of the molecule is O=C(CN1CCN(c2cccc(-c3cnc4ccc(N5CCCC5c5cccc(F)c5)nn34)n2)CC1)NCCCNc1cccc2c1C(=O)N(C1CCC(=O)NC1=O)C2=O. The van der Waals surface area contributed by atoms with E-state index < -0.39 is 29.7 Å². The Morgan fingerprint density at radius 2 is 1.68 bits per heavy atom. The van der Waals surface area contributed by atoms with Crippen LogP contribution in [-0.4, -0.2) is 117 Å². The Hall–Kier alpha value is -6.75. The quantitative estimate of drug-likeness (QED) is 0.124. The Bertz CT molecular complexity index is 2500. The minimum Gasteiger partial charge on any atom is -0.384 e. The maximum absolute atomic E-state index is 14.1. The maximum atomic E-state index is 14.1. The number of imide groups is 2. The zero-order chi connectivity index (χ0) is 41.3. The fourth-order valence-corrected chi connectivity index (χ4v) is 8.63. The number of amides is 5. The van der Waals surface area contributed by atoms with E-state index in [0.717, 1.165) is 52.9 Å². The Labute approximate surface area is 344 Å². The Morgan fingerprint density at radius 1 is 0.850 bits per heavy atom. The summed E-state index contributed by atoms with van der Waals surface area (Å²) in [5.41, 5.74) is 4.05.